The normalized spacial score (nSPS) is 12.5. The monoisotopic (exact) mass is 289 g/mol. The fourth-order valence-corrected chi connectivity index (χ4v) is 2.56. The fourth-order valence-electron chi connectivity index (χ4n) is 2.56. The Hall–Kier alpha value is -1.74. The number of rotatable bonds is 4. The third kappa shape index (κ3) is 3.13. The topological polar surface area (TPSA) is 12.0 Å². The van der Waals surface area contributed by atoms with Gasteiger partial charge in [-0.05, 0) is 61.7 Å². The highest BCUT2D eigenvalue weighted by atomic mass is 19.1. The zero-order valence-corrected chi connectivity index (χ0v) is 12.9. The number of hydrogen-bond acceptors (Lipinski definition) is 1. The molecule has 112 valence electrons. The Morgan fingerprint density at radius 1 is 0.952 bits per heavy atom. The van der Waals surface area contributed by atoms with Gasteiger partial charge in [-0.25, -0.2) is 8.78 Å². The van der Waals surface area contributed by atoms with Crippen LogP contribution in [0.2, 0.25) is 0 Å². The molecule has 0 aliphatic rings. The van der Waals surface area contributed by atoms with Gasteiger partial charge in [0.05, 0.1) is 6.04 Å². The van der Waals surface area contributed by atoms with Crippen molar-refractivity contribution in [2.24, 2.45) is 0 Å². The van der Waals surface area contributed by atoms with Gasteiger partial charge in [0.2, 0.25) is 0 Å². The molecule has 0 spiro atoms. The molecule has 0 amide bonds. The number of aryl methyl sites for hydroxylation is 2. The molecule has 0 bridgehead atoms. The molecule has 0 fully saturated rings. The van der Waals surface area contributed by atoms with Crippen LogP contribution in [0.4, 0.5) is 8.78 Å². The van der Waals surface area contributed by atoms with Crippen molar-refractivity contribution in [2.75, 3.05) is 6.54 Å². The van der Waals surface area contributed by atoms with E-state index in [1.807, 2.05) is 39.0 Å². The third-order valence-corrected chi connectivity index (χ3v) is 3.95. The summed E-state index contributed by atoms with van der Waals surface area (Å²) >= 11 is 0. The first kappa shape index (κ1) is 15.6. The van der Waals surface area contributed by atoms with Crippen molar-refractivity contribution in [1.29, 1.82) is 0 Å². The van der Waals surface area contributed by atoms with Crippen LogP contribution >= 0.6 is 0 Å². The minimum atomic E-state index is -0.375. The van der Waals surface area contributed by atoms with Crippen molar-refractivity contribution in [2.45, 2.75) is 33.7 Å². The number of benzene rings is 2. The number of nitrogens with one attached hydrogen (secondary N) is 1. The number of hydrogen-bond donors (Lipinski definition) is 1. The summed E-state index contributed by atoms with van der Waals surface area (Å²) in [7, 11) is 0. The Morgan fingerprint density at radius 2 is 1.67 bits per heavy atom. The van der Waals surface area contributed by atoms with Crippen molar-refractivity contribution in [3.05, 3.63) is 69.8 Å². The Bertz CT molecular complexity index is 650. The highest BCUT2D eigenvalue weighted by molar-refractivity contribution is 5.42. The molecule has 2 rings (SSSR count). The minimum Gasteiger partial charge on any atom is -0.306 e. The van der Waals surface area contributed by atoms with Gasteiger partial charge in [-0.1, -0.05) is 25.1 Å². The molecule has 0 aromatic heterocycles. The van der Waals surface area contributed by atoms with Gasteiger partial charge in [-0.15, -0.1) is 0 Å². The van der Waals surface area contributed by atoms with Gasteiger partial charge in [0.1, 0.15) is 11.6 Å². The Morgan fingerprint density at radius 3 is 2.33 bits per heavy atom. The molecule has 21 heavy (non-hydrogen) atoms. The van der Waals surface area contributed by atoms with Gasteiger partial charge in [0.15, 0.2) is 0 Å². The molecule has 0 aliphatic carbocycles. The summed E-state index contributed by atoms with van der Waals surface area (Å²) in [6.45, 7) is 8.24. The number of halogens is 2. The Labute approximate surface area is 125 Å². The third-order valence-electron chi connectivity index (χ3n) is 3.95. The van der Waals surface area contributed by atoms with Crippen LogP contribution in [0.15, 0.2) is 30.3 Å². The molecule has 2 aromatic rings. The summed E-state index contributed by atoms with van der Waals surface area (Å²) in [5.74, 6) is -0.750. The lowest BCUT2D eigenvalue weighted by Crippen LogP contribution is -2.24. The Balaban J connectivity index is 2.59. The zero-order valence-electron chi connectivity index (χ0n) is 12.9. The van der Waals surface area contributed by atoms with Crippen molar-refractivity contribution >= 4 is 0 Å². The molecule has 0 saturated heterocycles. The molecular weight excluding hydrogens is 268 g/mol. The van der Waals surface area contributed by atoms with Crippen molar-refractivity contribution in [1.82, 2.24) is 5.32 Å². The first-order valence-electron chi connectivity index (χ1n) is 7.20. The lowest BCUT2D eigenvalue weighted by atomic mass is 9.91. The van der Waals surface area contributed by atoms with E-state index in [-0.39, 0.29) is 17.7 Å². The SMILES string of the molecule is CCNC(c1cc(F)c(C)cc1F)c1cccc(C)c1C. The summed E-state index contributed by atoms with van der Waals surface area (Å²) in [5, 5.41) is 3.26. The van der Waals surface area contributed by atoms with Gasteiger partial charge in [-0.2, -0.15) is 0 Å². The molecule has 0 saturated carbocycles. The van der Waals surface area contributed by atoms with E-state index in [4.69, 9.17) is 0 Å². The second-order valence-corrected chi connectivity index (χ2v) is 5.40. The lowest BCUT2D eigenvalue weighted by molar-refractivity contribution is 0.540. The lowest BCUT2D eigenvalue weighted by Gasteiger charge is -2.23. The van der Waals surface area contributed by atoms with E-state index in [0.29, 0.717) is 17.7 Å². The van der Waals surface area contributed by atoms with Crippen LogP contribution in [-0.4, -0.2) is 6.54 Å². The quantitative estimate of drug-likeness (QED) is 0.868. The first-order valence-corrected chi connectivity index (χ1v) is 7.20. The van der Waals surface area contributed by atoms with E-state index in [9.17, 15) is 8.78 Å². The molecule has 0 radical (unpaired) electrons. The Kier molecular flexibility index (Phi) is 4.73. The highest BCUT2D eigenvalue weighted by Crippen LogP contribution is 2.29. The minimum absolute atomic E-state index is 0.326. The predicted molar refractivity (Wildman–Crippen MR) is 82.5 cm³/mol. The largest absolute Gasteiger partial charge is 0.306 e. The molecule has 0 heterocycles. The van der Waals surface area contributed by atoms with E-state index in [0.717, 1.165) is 16.7 Å². The van der Waals surface area contributed by atoms with Gasteiger partial charge < -0.3 is 5.32 Å². The van der Waals surface area contributed by atoms with Crippen LogP contribution in [-0.2, 0) is 0 Å². The average Bonchev–Trinajstić information content (AvgIpc) is 2.44. The van der Waals surface area contributed by atoms with Crippen molar-refractivity contribution in [3.63, 3.8) is 0 Å². The van der Waals surface area contributed by atoms with Gasteiger partial charge >= 0.3 is 0 Å². The summed E-state index contributed by atoms with van der Waals surface area (Å²) in [6, 6.07) is 8.16. The summed E-state index contributed by atoms with van der Waals surface area (Å²) in [5.41, 5.74) is 3.91. The fraction of sp³-hybridized carbons (Fsp3) is 0.333. The van der Waals surface area contributed by atoms with E-state index >= 15 is 0 Å². The first-order chi connectivity index (χ1) is 9.95. The highest BCUT2D eigenvalue weighted by Gasteiger charge is 2.20. The summed E-state index contributed by atoms with van der Waals surface area (Å²) < 4.78 is 28.2. The van der Waals surface area contributed by atoms with Crippen LogP contribution in [0.25, 0.3) is 0 Å². The maximum Gasteiger partial charge on any atom is 0.128 e. The van der Waals surface area contributed by atoms with Crippen LogP contribution in [0.3, 0.4) is 0 Å². The molecular formula is C18H21F2N. The summed E-state index contributed by atoms with van der Waals surface area (Å²) in [6.07, 6.45) is 0. The standard InChI is InChI=1S/C18H21F2N/c1-5-21-18(14-8-6-7-11(2)13(14)4)15-10-16(19)12(3)9-17(15)20/h6-10,18,21H,5H2,1-4H3. The zero-order chi connectivity index (χ0) is 15.6. The van der Waals surface area contributed by atoms with E-state index in [1.165, 1.54) is 12.1 Å². The summed E-state index contributed by atoms with van der Waals surface area (Å²) in [4.78, 5) is 0. The molecule has 1 N–H and O–H groups in total. The predicted octanol–water partition coefficient (Wildman–Crippen LogP) is 4.59. The molecule has 1 atom stereocenters. The van der Waals surface area contributed by atoms with E-state index in [1.54, 1.807) is 6.92 Å². The molecule has 1 unspecified atom stereocenters. The van der Waals surface area contributed by atoms with Gasteiger partial charge in [-0.3, -0.25) is 0 Å². The van der Waals surface area contributed by atoms with Crippen molar-refractivity contribution in [3.8, 4) is 0 Å². The van der Waals surface area contributed by atoms with Crippen LogP contribution in [0.5, 0.6) is 0 Å². The average molecular weight is 289 g/mol. The molecule has 2 aromatic carbocycles. The van der Waals surface area contributed by atoms with E-state index in [2.05, 4.69) is 5.32 Å². The van der Waals surface area contributed by atoms with Gasteiger partial charge in [0, 0.05) is 5.56 Å². The molecule has 3 heteroatoms. The smallest absolute Gasteiger partial charge is 0.128 e. The van der Waals surface area contributed by atoms with E-state index < -0.39 is 0 Å². The van der Waals surface area contributed by atoms with Crippen LogP contribution in [0, 0.1) is 32.4 Å². The van der Waals surface area contributed by atoms with Crippen molar-refractivity contribution < 1.29 is 8.78 Å². The van der Waals surface area contributed by atoms with Gasteiger partial charge in [0.25, 0.3) is 0 Å². The maximum atomic E-state index is 14.3. The second kappa shape index (κ2) is 6.35. The second-order valence-electron chi connectivity index (χ2n) is 5.40. The molecule has 0 aliphatic heterocycles. The van der Waals surface area contributed by atoms with Crippen LogP contribution < -0.4 is 5.32 Å². The van der Waals surface area contributed by atoms with Crippen LogP contribution in [0.1, 0.15) is 40.8 Å². The maximum absolute atomic E-state index is 14.3. The molecule has 1 nitrogen and oxygen atoms in total.